The number of carbonyl (C=O) groups is 2. The molecule has 0 aliphatic heterocycles. The Balaban J connectivity index is 2.62. The average molecular weight is 270 g/mol. The van der Waals surface area contributed by atoms with Crippen molar-refractivity contribution in [1.82, 2.24) is 5.48 Å². The number of rotatable bonds is 7. The predicted octanol–water partition coefficient (Wildman–Crippen LogP) is 0.541. The van der Waals surface area contributed by atoms with Crippen LogP contribution in [0.2, 0.25) is 0 Å². The van der Waals surface area contributed by atoms with E-state index in [9.17, 15) is 9.59 Å². The van der Waals surface area contributed by atoms with Crippen LogP contribution in [0, 0.1) is 0 Å². The van der Waals surface area contributed by atoms with Gasteiger partial charge in [-0.15, -0.1) is 0 Å². The van der Waals surface area contributed by atoms with Crippen molar-refractivity contribution in [3.8, 4) is 0 Å². The van der Waals surface area contributed by atoms with E-state index in [1.807, 2.05) is 0 Å². The van der Waals surface area contributed by atoms with E-state index in [1.54, 1.807) is 6.92 Å². The van der Waals surface area contributed by atoms with Crippen LogP contribution in [-0.2, 0) is 19.3 Å². The molecule has 0 saturated carbocycles. The van der Waals surface area contributed by atoms with Crippen LogP contribution in [0.25, 0.3) is 0 Å². The zero-order valence-corrected chi connectivity index (χ0v) is 10.5. The van der Waals surface area contributed by atoms with Gasteiger partial charge in [-0.25, -0.2) is 10.3 Å². The third-order valence-electron chi connectivity index (χ3n) is 1.97. The summed E-state index contributed by atoms with van der Waals surface area (Å²) in [5.41, 5.74) is 1.74. The highest BCUT2D eigenvalue weighted by Crippen LogP contribution is 2.05. The lowest BCUT2D eigenvalue weighted by atomic mass is 10.3. The lowest BCUT2D eigenvalue weighted by Crippen LogP contribution is -2.26. The monoisotopic (exact) mass is 270 g/mol. The van der Waals surface area contributed by atoms with Gasteiger partial charge in [0.05, 0.1) is 19.8 Å². The molecule has 0 saturated heterocycles. The molecule has 0 fully saturated rings. The minimum Gasteiger partial charge on any atom is -0.476 e. The normalized spacial score (nSPS) is 12.8. The molecule has 1 heterocycles. The zero-order valence-electron chi connectivity index (χ0n) is 10.5. The maximum atomic E-state index is 11.2. The van der Waals surface area contributed by atoms with Crippen LogP contribution < -0.4 is 5.48 Å². The average Bonchev–Trinajstić information content (AvgIpc) is 2.82. The summed E-state index contributed by atoms with van der Waals surface area (Å²) >= 11 is 0. The highest BCUT2D eigenvalue weighted by atomic mass is 16.6. The first-order valence-corrected chi connectivity index (χ1v) is 5.37. The third kappa shape index (κ3) is 4.80. The van der Waals surface area contributed by atoms with Gasteiger partial charge in [0.1, 0.15) is 6.10 Å². The molecular weight excluding hydrogens is 256 g/mol. The number of hydrogen-bond donors (Lipinski definition) is 2. The molecule has 1 unspecified atom stereocenters. The van der Waals surface area contributed by atoms with E-state index >= 15 is 0 Å². The Hall–Kier alpha value is -2.35. The fourth-order valence-corrected chi connectivity index (χ4v) is 1.20. The summed E-state index contributed by atoms with van der Waals surface area (Å²) in [4.78, 5) is 31.5. The summed E-state index contributed by atoms with van der Waals surface area (Å²) in [5.74, 6) is -1.62. The van der Waals surface area contributed by atoms with Crippen molar-refractivity contribution in [3.05, 3.63) is 24.2 Å². The Bertz CT molecular complexity index is 454. The number of carboxylic acid groups (broad SMARTS) is 1. The number of carboxylic acids is 1. The Kier molecular flexibility index (Phi) is 5.55. The molecule has 104 valence electrons. The Morgan fingerprint density at radius 2 is 2.32 bits per heavy atom. The van der Waals surface area contributed by atoms with Gasteiger partial charge < -0.3 is 14.4 Å². The number of hydrogen-bond acceptors (Lipinski definition) is 6. The molecule has 0 aliphatic rings. The summed E-state index contributed by atoms with van der Waals surface area (Å²) in [6, 6.07) is 2.97. The molecule has 1 atom stereocenters. The zero-order chi connectivity index (χ0) is 14.3. The fourth-order valence-electron chi connectivity index (χ4n) is 1.20. The molecule has 1 aromatic rings. The quantitative estimate of drug-likeness (QED) is 0.552. The number of carbonyl (C=O) groups excluding carboxylic acids is 1. The molecular formula is C11H14N2O6. The fraction of sp³-hybridized carbons (Fsp3) is 0.364. The van der Waals surface area contributed by atoms with Gasteiger partial charge in [0, 0.05) is 0 Å². The van der Waals surface area contributed by atoms with Crippen LogP contribution >= 0.6 is 0 Å². The predicted molar refractivity (Wildman–Crippen MR) is 63.2 cm³/mol. The van der Waals surface area contributed by atoms with Crippen LogP contribution in [0.4, 0.5) is 0 Å². The van der Waals surface area contributed by atoms with E-state index < -0.39 is 18.0 Å². The molecule has 1 rings (SSSR count). The SMILES string of the molecule is CONC(=O)CC(C)ON=C(C(=O)O)c1ccco1. The van der Waals surface area contributed by atoms with E-state index in [0.29, 0.717) is 0 Å². The van der Waals surface area contributed by atoms with E-state index in [-0.39, 0.29) is 17.9 Å². The molecule has 2 N–H and O–H groups in total. The number of oxime groups is 1. The first-order chi connectivity index (χ1) is 9.04. The number of furan rings is 1. The highest BCUT2D eigenvalue weighted by molar-refractivity contribution is 6.41. The van der Waals surface area contributed by atoms with Gasteiger partial charge in [0.15, 0.2) is 5.76 Å². The minimum atomic E-state index is -1.29. The maximum Gasteiger partial charge on any atom is 0.361 e. The minimum absolute atomic E-state index is 0.0254. The molecule has 0 aliphatic carbocycles. The van der Waals surface area contributed by atoms with Gasteiger partial charge in [-0.2, -0.15) is 0 Å². The van der Waals surface area contributed by atoms with Crippen molar-refractivity contribution in [3.63, 3.8) is 0 Å². The van der Waals surface area contributed by atoms with Gasteiger partial charge in [0.25, 0.3) is 0 Å². The number of aliphatic carboxylic acids is 1. The van der Waals surface area contributed by atoms with E-state index in [2.05, 4.69) is 15.5 Å². The molecule has 8 heteroatoms. The van der Waals surface area contributed by atoms with Crippen molar-refractivity contribution >= 4 is 17.6 Å². The first kappa shape index (κ1) is 14.7. The largest absolute Gasteiger partial charge is 0.476 e. The topological polar surface area (TPSA) is 110 Å². The number of amides is 1. The lowest BCUT2D eigenvalue weighted by Gasteiger charge is -2.09. The lowest BCUT2D eigenvalue weighted by molar-refractivity contribution is -0.133. The summed E-state index contributed by atoms with van der Waals surface area (Å²) in [7, 11) is 1.31. The van der Waals surface area contributed by atoms with Gasteiger partial charge in [-0.05, 0) is 19.1 Å². The number of nitrogens with one attached hydrogen (secondary N) is 1. The van der Waals surface area contributed by atoms with Crippen LogP contribution in [0.5, 0.6) is 0 Å². The number of nitrogens with zero attached hydrogens (tertiary/aromatic N) is 1. The van der Waals surface area contributed by atoms with E-state index in [4.69, 9.17) is 14.4 Å². The van der Waals surface area contributed by atoms with Crippen molar-refractivity contribution in [2.45, 2.75) is 19.4 Å². The first-order valence-electron chi connectivity index (χ1n) is 5.37. The van der Waals surface area contributed by atoms with Gasteiger partial charge in [-0.1, -0.05) is 5.16 Å². The highest BCUT2D eigenvalue weighted by Gasteiger charge is 2.18. The van der Waals surface area contributed by atoms with Crippen molar-refractivity contribution < 1.29 is 28.8 Å². The van der Waals surface area contributed by atoms with Gasteiger partial charge >= 0.3 is 5.97 Å². The molecule has 19 heavy (non-hydrogen) atoms. The van der Waals surface area contributed by atoms with E-state index in [1.165, 1.54) is 25.5 Å². The molecule has 0 aromatic carbocycles. The van der Waals surface area contributed by atoms with E-state index in [0.717, 1.165) is 0 Å². The van der Waals surface area contributed by atoms with Crippen molar-refractivity contribution in [1.29, 1.82) is 0 Å². The summed E-state index contributed by atoms with van der Waals surface area (Å²) in [6.07, 6.45) is 0.686. The third-order valence-corrected chi connectivity index (χ3v) is 1.97. The molecule has 8 nitrogen and oxygen atoms in total. The molecule has 0 bridgehead atoms. The second kappa shape index (κ2) is 7.17. The molecule has 1 amide bonds. The molecule has 1 aromatic heterocycles. The van der Waals surface area contributed by atoms with Crippen LogP contribution in [0.1, 0.15) is 19.1 Å². The smallest absolute Gasteiger partial charge is 0.361 e. The number of hydroxylamine groups is 1. The van der Waals surface area contributed by atoms with Crippen LogP contribution in [0.15, 0.2) is 28.0 Å². The van der Waals surface area contributed by atoms with Gasteiger partial charge in [-0.3, -0.25) is 9.63 Å². The van der Waals surface area contributed by atoms with Gasteiger partial charge in [0.2, 0.25) is 11.6 Å². The molecule has 0 spiro atoms. The summed E-state index contributed by atoms with van der Waals surface area (Å²) in [6.45, 7) is 1.57. The van der Waals surface area contributed by atoms with Crippen LogP contribution in [0.3, 0.4) is 0 Å². The Labute approximate surface area is 108 Å². The Morgan fingerprint density at radius 1 is 1.58 bits per heavy atom. The molecule has 0 radical (unpaired) electrons. The maximum absolute atomic E-state index is 11.2. The Morgan fingerprint density at radius 3 is 2.84 bits per heavy atom. The van der Waals surface area contributed by atoms with Crippen molar-refractivity contribution in [2.24, 2.45) is 5.16 Å². The van der Waals surface area contributed by atoms with Crippen LogP contribution in [-0.4, -0.2) is 35.9 Å². The summed E-state index contributed by atoms with van der Waals surface area (Å²) < 4.78 is 4.92. The second-order valence-electron chi connectivity index (χ2n) is 3.57. The standard InChI is InChI=1S/C11H14N2O6/c1-7(6-9(14)12-17-2)19-13-10(11(15)16)8-4-3-5-18-8/h3-5,7H,6H2,1-2H3,(H,12,14)(H,15,16). The second-order valence-corrected chi connectivity index (χ2v) is 3.57. The van der Waals surface area contributed by atoms with Crippen molar-refractivity contribution in [2.75, 3.05) is 7.11 Å². The summed E-state index contributed by atoms with van der Waals surface area (Å²) in [5, 5.41) is 12.4.